The standard InChI is InChI=1S/C14H20N2/c1-13(2)8-4-5-9-14(13)15-11-12-7-3-6-10-16(12)14/h3,6-7,10-11,15H,4-5,8-9H2,1-2H3. The molecular weight excluding hydrogens is 196 g/mol. The minimum absolute atomic E-state index is 0.113. The van der Waals surface area contributed by atoms with Crippen molar-refractivity contribution in [3.8, 4) is 0 Å². The molecular formula is C14H20N2. The molecule has 1 atom stereocenters. The van der Waals surface area contributed by atoms with Crippen LogP contribution in [0.15, 0.2) is 36.3 Å². The molecule has 1 unspecified atom stereocenters. The Morgan fingerprint density at radius 2 is 2.00 bits per heavy atom. The van der Waals surface area contributed by atoms with E-state index in [-0.39, 0.29) is 5.66 Å². The van der Waals surface area contributed by atoms with E-state index in [4.69, 9.17) is 0 Å². The highest BCUT2D eigenvalue weighted by Gasteiger charge is 2.52. The topological polar surface area (TPSA) is 15.3 Å². The summed E-state index contributed by atoms with van der Waals surface area (Å²) in [5, 5.41) is 3.67. The van der Waals surface area contributed by atoms with E-state index >= 15 is 0 Å². The number of nitrogens with zero attached hydrogens (tertiary/aromatic N) is 1. The monoisotopic (exact) mass is 216 g/mol. The van der Waals surface area contributed by atoms with Gasteiger partial charge in [0, 0.05) is 17.8 Å². The summed E-state index contributed by atoms with van der Waals surface area (Å²) in [6.07, 6.45) is 16.0. The SMILES string of the molecule is CC1(C)CCCCC12NC=C1C=CC=CN12. The fourth-order valence-corrected chi connectivity index (χ4v) is 3.39. The van der Waals surface area contributed by atoms with Crippen LogP contribution in [0.3, 0.4) is 0 Å². The normalized spacial score (nSPS) is 34.9. The van der Waals surface area contributed by atoms with Gasteiger partial charge in [0.05, 0.1) is 5.70 Å². The lowest BCUT2D eigenvalue weighted by Crippen LogP contribution is -2.61. The van der Waals surface area contributed by atoms with Crippen LogP contribution in [-0.2, 0) is 0 Å². The maximum absolute atomic E-state index is 3.67. The largest absolute Gasteiger partial charge is 0.366 e. The van der Waals surface area contributed by atoms with E-state index in [1.807, 2.05) is 0 Å². The molecule has 2 nitrogen and oxygen atoms in total. The van der Waals surface area contributed by atoms with Gasteiger partial charge in [-0.25, -0.2) is 0 Å². The van der Waals surface area contributed by atoms with Crippen LogP contribution in [0.4, 0.5) is 0 Å². The summed E-state index contributed by atoms with van der Waals surface area (Å²) >= 11 is 0. The lowest BCUT2D eigenvalue weighted by atomic mass is 9.67. The van der Waals surface area contributed by atoms with Gasteiger partial charge in [-0.1, -0.05) is 26.3 Å². The van der Waals surface area contributed by atoms with Crippen LogP contribution in [0.25, 0.3) is 0 Å². The van der Waals surface area contributed by atoms with Gasteiger partial charge in [-0.15, -0.1) is 0 Å². The molecule has 2 heterocycles. The molecule has 3 rings (SSSR count). The van der Waals surface area contributed by atoms with Crippen molar-refractivity contribution in [2.45, 2.75) is 45.2 Å². The van der Waals surface area contributed by atoms with E-state index in [0.29, 0.717) is 5.41 Å². The first-order valence-electron chi connectivity index (χ1n) is 6.28. The first-order chi connectivity index (χ1) is 7.66. The zero-order valence-corrected chi connectivity index (χ0v) is 10.2. The van der Waals surface area contributed by atoms with Crippen LogP contribution in [-0.4, -0.2) is 10.6 Å². The molecule has 3 aliphatic rings. The van der Waals surface area contributed by atoms with E-state index in [1.165, 1.54) is 31.4 Å². The van der Waals surface area contributed by atoms with E-state index in [2.05, 4.69) is 54.7 Å². The predicted octanol–water partition coefficient (Wildman–Crippen LogP) is 3.11. The van der Waals surface area contributed by atoms with Crippen molar-refractivity contribution in [1.29, 1.82) is 0 Å². The predicted molar refractivity (Wildman–Crippen MR) is 66.3 cm³/mol. The highest BCUT2D eigenvalue weighted by molar-refractivity contribution is 5.35. The third kappa shape index (κ3) is 1.13. The average Bonchev–Trinajstić information content (AvgIpc) is 2.64. The third-order valence-corrected chi connectivity index (χ3v) is 4.47. The highest BCUT2D eigenvalue weighted by atomic mass is 15.4. The number of hydrogen-bond acceptors (Lipinski definition) is 2. The molecule has 1 aliphatic carbocycles. The van der Waals surface area contributed by atoms with Gasteiger partial charge < -0.3 is 10.2 Å². The summed E-state index contributed by atoms with van der Waals surface area (Å²) in [4.78, 5) is 2.44. The maximum Gasteiger partial charge on any atom is 0.119 e. The molecule has 0 bridgehead atoms. The van der Waals surface area contributed by atoms with Gasteiger partial charge in [-0.3, -0.25) is 0 Å². The Morgan fingerprint density at radius 1 is 1.19 bits per heavy atom. The van der Waals surface area contributed by atoms with Gasteiger partial charge >= 0.3 is 0 Å². The van der Waals surface area contributed by atoms with Crippen molar-refractivity contribution in [2.75, 3.05) is 0 Å². The molecule has 0 aromatic heterocycles. The summed E-state index contributed by atoms with van der Waals surface area (Å²) in [6, 6.07) is 0. The third-order valence-electron chi connectivity index (χ3n) is 4.47. The van der Waals surface area contributed by atoms with Gasteiger partial charge in [0.25, 0.3) is 0 Å². The van der Waals surface area contributed by atoms with Gasteiger partial charge in [-0.2, -0.15) is 0 Å². The molecule has 2 heteroatoms. The lowest BCUT2D eigenvalue weighted by Gasteiger charge is -2.53. The smallest absolute Gasteiger partial charge is 0.119 e. The quantitative estimate of drug-likeness (QED) is 0.669. The second kappa shape index (κ2) is 3.16. The minimum Gasteiger partial charge on any atom is -0.366 e. The van der Waals surface area contributed by atoms with Crippen molar-refractivity contribution < 1.29 is 0 Å². The second-order valence-electron chi connectivity index (χ2n) is 5.74. The average molecular weight is 216 g/mol. The van der Waals surface area contributed by atoms with Gasteiger partial charge in [-0.05, 0) is 31.4 Å². The van der Waals surface area contributed by atoms with Crippen LogP contribution in [0, 0.1) is 5.41 Å². The Labute approximate surface area is 97.7 Å². The fourth-order valence-electron chi connectivity index (χ4n) is 3.39. The van der Waals surface area contributed by atoms with Crippen molar-refractivity contribution in [2.24, 2.45) is 5.41 Å². The first-order valence-corrected chi connectivity index (χ1v) is 6.28. The highest BCUT2D eigenvalue weighted by Crippen LogP contribution is 2.49. The Balaban J connectivity index is 2.00. The van der Waals surface area contributed by atoms with Crippen LogP contribution in [0.2, 0.25) is 0 Å². The molecule has 0 amide bonds. The molecule has 1 fully saturated rings. The number of hydrogen-bond donors (Lipinski definition) is 1. The van der Waals surface area contributed by atoms with Crippen molar-refractivity contribution in [1.82, 2.24) is 10.2 Å². The summed E-state index contributed by atoms with van der Waals surface area (Å²) in [5.41, 5.74) is 1.73. The van der Waals surface area contributed by atoms with Crippen LogP contribution < -0.4 is 5.32 Å². The first kappa shape index (κ1) is 10.0. The fraction of sp³-hybridized carbons (Fsp3) is 0.571. The lowest BCUT2D eigenvalue weighted by molar-refractivity contribution is -0.00695. The van der Waals surface area contributed by atoms with Crippen LogP contribution in [0.1, 0.15) is 39.5 Å². The van der Waals surface area contributed by atoms with Crippen molar-refractivity contribution in [3.05, 3.63) is 36.3 Å². The van der Waals surface area contributed by atoms with Gasteiger partial charge in [0.1, 0.15) is 5.66 Å². The number of allylic oxidation sites excluding steroid dienone is 3. The molecule has 16 heavy (non-hydrogen) atoms. The van der Waals surface area contributed by atoms with E-state index < -0.39 is 0 Å². The Hall–Kier alpha value is -1.18. The molecule has 1 N–H and O–H groups in total. The molecule has 1 spiro atoms. The Bertz CT molecular complexity index is 390. The zero-order chi connectivity index (χ0) is 11.2. The molecule has 0 aromatic carbocycles. The summed E-state index contributed by atoms with van der Waals surface area (Å²) in [6.45, 7) is 4.78. The molecule has 86 valence electrons. The van der Waals surface area contributed by atoms with Gasteiger partial charge in [0.2, 0.25) is 0 Å². The maximum atomic E-state index is 3.67. The molecule has 1 saturated carbocycles. The van der Waals surface area contributed by atoms with E-state index in [0.717, 1.165) is 0 Å². The van der Waals surface area contributed by atoms with E-state index in [1.54, 1.807) is 0 Å². The Morgan fingerprint density at radius 3 is 2.81 bits per heavy atom. The molecule has 2 aliphatic heterocycles. The molecule has 0 aromatic rings. The molecule has 0 radical (unpaired) electrons. The van der Waals surface area contributed by atoms with Crippen molar-refractivity contribution >= 4 is 0 Å². The summed E-state index contributed by atoms with van der Waals surface area (Å²) < 4.78 is 0. The zero-order valence-electron chi connectivity index (χ0n) is 10.2. The van der Waals surface area contributed by atoms with Crippen LogP contribution >= 0.6 is 0 Å². The second-order valence-corrected chi connectivity index (χ2v) is 5.74. The summed E-state index contributed by atoms with van der Waals surface area (Å²) in [5.74, 6) is 0. The van der Waals surface area contributed by atoms with Crippen LogP contribution in [0.5, 0.6) is 0 Å². The van der Waals surface area contributed by atoms with Crippen molar-refractivity contribution in [3.63, 3.8) is 0 Å². The Kier molecular flexibility index (Phi) is 1.97. The van der Waals surface area contributed by atoms with E-state index in [9.17, 15) is 0 Å². The summed E-state index contributed by atoms with van der Waals surface area (Å²) in [7, 11) is 0. The molecule has 0 saturated heterocycles. The number of fused-ring (bicyclic) bond motifs is 2. The minimum atomic E-state index is 0.113. The van der Waals surface area contributed by atoms with Gasteiger partial charge in [0.15, 0.2) is 0 Å². The number of nitrogens with one attached hydrogen (secondary N) is 1. The number of rotatable bonds is 0.